The maximum absolute atomic E-state index is 10.1. The summed E-state index contributed by atoms with van der Waals surface area (Å²) in [5.41, 5.74) is 1.59. The number of hydrogen-bond donors (Lipinski definition) is 2. The van der Waals surface area contributed by atoms with Gasteiger partial charge in [0.05, 0.1) is 25.9 Å². The summed E-state index contributed by atoms with van der Waals surface area (Å²) in [5.74, 6) is 0.923. The minimum absolute atomic E-state index is 0.408. The van der Waals surface area contributed by atoms with Gasteiger partial charge in [-0.05, 0) is 5.56 Å². The number of nitrogens with zero attached hydrogens (tertiary/aromatic N) is 2. The summed E-state index contributed by atoms with van der Waals surface area (Å²) in [5, 5.41) is 13.3. The molecule has 2 N–H and O–H groups in total. The molecule has 21 heavy (non-hydrogen) atoms. The van der Waals surface area contributed by atoms with E-state index < -0.39 is 6.10 Å². The van der Waals surface area contributed by atoms with E-state index in [2.05, 4.69) is 15.3 Å². The molecule has 0 saturated heterocycles. The van der Waals surface area contributed by atoms with E-state index in [1.54, 1.807) is 14.2 Å². The van der Waals surface area contributed by atoms with Crippen molar-refractivity contribution in [2.75, 3.05) is 20.8 Å². The van der Waals surface area contributed by atoms with E-state index in [4.69, 9.17) is 9.47 Å². The van der Waals surface area contributed by atoms with Crippen LogP contribution in [0, 0.1) is 0 Å². The molecule has 0 aliphatic heterocycles. The van der Waals surface area contributed by atoms with E-state index in [-0.39, 0.29) is 0 Å². The van der Waals surface area contributed by atoms with Crippen LogP contribution in [-0.4, -0.2) is 35.8 Å². The number of hydrogen-bond acceptors (Lipinski definition) is 6. The molecule has 6 heteroatoms. The van der Waals surface area contributed by atoms with E-state index in [1.807, 2.05) is 30.3 Å². The van der Waals surface area contributed by atoms with Crippen molar-refractivity contribution < 1.29 is 14.6 Å². The van der Waals surface area contributed by atoms with Gasteiger partial charge < -0.3 is 19.9 Å². The summed E-state index contributed by atoms with van der Waals surface area (Å²) in [7, 11) is 3.09. The SMILES string of the molecule is COc1ncnc(OC)c1CNCC(O)c1ccccc1. The van der Waals surface area contributed by atoms with Gasteiger partial charge in [0.2, 0.25) is 11.8 Å². The Morgan fingerprint density at radius 1 is 1.10 bits per heavy atom. The monoisotopic (exact) mass is 289 g/mol. The van der Waals surface area contributed by atoms with Crippen LogP contribution < -0.4 is 14.8 Å². The largest absolute Gasteiger partial charge is 0.481 e. The molecule has 0 fully saturated rings. The number of nitrogens with one attached hydrogen (secondary N) is 1. The summed E-state index contributed by atoms with van der Waals surface area (Å²) < 4.78 is 10.4. The van der Waals surface area contributed by atoms with Crippen molar-refractivity contribution in [2.45, 2.75) is 12.6 Å². The fourth-order valence-electron chi connectivity index (χ4n) is 2.01. The molecule has 112 valence electrons. The van der Waals surface area contributed by atoms with Gasteiger partial charge >= 0.3 is 0 Å². The van der Waals surface area contributed by atoms with Crippen LogP contribution in [0.2, 0.25) is 0 Å². The third-order valence-corrected chi connectivity index (χ3v) is 3.08. The Hall–Kier alpha value is -2.18. The van der Waals surface area contributed by atoms with Gasteiger partial charge in [-0.15, -0.1) is 0 Å². The lowest BCUT2D eigenvalue weighted by Gasteiger charge is -2.14. The van der Waals surface area contributed by atoms with Crippen LogP contribution in [0.15, 0.2) is 36.7 Å². The van der Waals surface area contributed by atoms with Gasteiger partial charge in [0, 0.05) is 13.1 Å². The fraction of sp³-hybridized carbons (Fsp3) is 0.333. The lowest BCUT2D eigenvalue weighted by molar-refractivity contribution is 0.174. The van der Waals surface area contributed by atoms with E-state index in [0.717, 1.165) is 11.1 Å². The molecule has 0 amide bonds. The minimum atomic E-state index is -0.576. The molecule has 0 bridgehead atoms. The number of methoxy groups -OCH3 is 2. The second-order valence-electron chi connectivity index (χ2n) is 4.43. The molecule has 0 radical (unpaired) electrons. The van der Waals surface area contributed by atoms with E-state index in [0.29, 0.717) is 24.8 Å². The first-order valence-corrected chi connectivity index (χ1v) is 6.61. The van der Waals surface area contributed by atoms with Crippen LogP contribution in [0.3, 0.4) is 0 Å². The first-order chi connectivity index (χ1) is 10.3. The van der Waals surface area contributed by atoms with Gasteiger partial charge in [-0.1, -0.05) is 30.3 Å². The van der Waals surface area contributed by atoms with Crippen molar-refractivity contribution in [3.63, 3.8) is 0 Å². The van der Waals surface area contributed by atoms with Crippen LogP contribution in [0.25, 0.3) is 0 Å². The molecular weight excluding hydrogens is 270 g/mol. The van der Waals surface area contributed by atoms with Crippen LogP contribution in [0.5, 0.6) is 11.8 Å². The quantitative estimate of drug-likeness (QED) is 0.800. The van der Waals surface area contributed by atoms with Gasteiger partial charge in [-0.25, -0.2) is 9.97 Å². The number of rotatable bonds is 7. The van der Waals surface area contributed by atoms with Crippen LogP contribution in [0.1, 0.15) is 17.2 Å². The van der Waals surface area contributed by atoms with Crippen LogP contribution >= 0.6 is 0 Å². The highest BCUT2D eigenvalue weighted by atomic mass is 16.5. The van der Waals surface area contributed by atoms with Crippen LogP contribution in [0.4, 0.5) is 0 Å². The molecule has 0 aliphatic rings. The molecule has 1 unspecified atom stereocenters. The van der Waals surface area contributed by atoms with E-state index >= 15 is 0 Å². The standard InChI is InChI=1S/C15H19N3O3/c1-20-14-12(15(21-2)18-10-17-14)8-16-9-13(19)11-6-4-3-5-7-11/h3-7,10,13,16,19H,8-9H2,1-2H3. The van der Waals surface area contributed by atoms with Gasteiger partial charge in [0.25, 0.3) is 0 Å². The number of ether oxygens (including phenoxy) is 2. The fourth-order valence-corrected chi connectivity index (χ4v) is 2.01. The molecule has 2 aromatic rings. The predicted molar refractivity (Wildman–Crippen MR) is 78.2 cm³/mol. The van der Waals surface area contributed by atoms with Crippen LogP contribution in [-0.2, 0) is 6.54 Å². The van der Waals surface area contributed by atoms with Gasteiger partial charge in [0.15, 0.2) is 0 Å². The van der Waals surface area contributed by atoms with Gasteiger partial charge in [-0.2, -0.15) is 0 Å². The summed E-state index contributed by atoms with van der Waals surface area (Å²) in [6, 6.07) is 9.49. The molecule has 1 heterocycles. The molecule has 1 aromatic carbocycles. The Morgan fingerprint density at radius 2 is 1.71 bits per heavy atom. The zero-order valence-corrected chi connectivity index (χ0v) is 12.1. The van der Waals surface area contributed by atoms with E-state index in [9.17, 15) is 5.11 Å². The molecule has 0 aliphatic carbocycles. The van der Waals surface area contributed by atoms with E-state index in [1.165, 1.54) is 6.33 Å². The molecule has 6 nitrogen and oxygen atoms in total. The first kappa shape index (κ1) is 15.2. The van der Waals surface area contributed by atoms with Gasteiger partial charge in [0.1, 0.15) is 6.33 Å². The summed E-state index contributed by atoms with van der Waals surface area (Å²) in [6.07, 6.45) is 0.813. The molecule has 0 saturated carbocycles. The lowest BCUT2D eigenvalue weighted by atomic mass is 10.1. The van der Waals surface area contributed by atoms with Crippen molar-refractivity contribution in [2.24, 2.45) is 0 Å². The predicted octanol–water partition coefficient (Wildman–Crippen LogP) is 1.32. The third-order valence-electron chi connectivity index (χ3n) is 3.08. The Bertz CT molecular complexity index is 541. The number of benzene rings is 1. The van der Waals surface area contributed by atoms with Crippen molar-refractivity contribution >= 4 is 0 Å². The number of aromatic nitrogens is 2. The summed E-state index contributed by atoms with van der Waals surface area (Å²) in [6.45, 7) is 0.850. The third kappa shape index (κ3) is 3.90. The summed E-state index contributed by atoms with van der Waals surface area (Å²) in [4.78, 5) is 8.09. The van der Waals surface area contributed by atoms with Gasteiger partial charge in [-0.3, -0.25) is 0 Å². The average molecular weight is 289 g/mol. The molecule has 2 rings (SSSR count). The second-order valence-corrected chi connectivity index (χ2v) is 4.43. The maximum atomic E-state index is 10.1. The lowest BCUT2D eigenvalue weighted by Crippen LogP contribution is -2.22. The Labute approximate surface area is 123 Å². The smallest absolute Gasteiger partial charge is 0.224 e. The molecule has 1 aromatic heterocycles. The van der Waals surface area contributed by atoms with Crippen molar-refractivity contribution in [1.29, 1.82) is 0 Å². The topological polar surface area (TPSA) is 76.5 Å². The zero-order valence-electron chi connectivity index (χ0n) is 12.1. The van der Waals surface area contributed by atoms with Crippen molar-refractivity contribution in [3.8, 4) is 11.8 Å². The highest BCUT2D eigenvalue weighted by molar-refractivity contribution is 5.34. The molecule has 1 atom stereocenters. The van der Waals surface area contributed by atoms with Crippen molar-refractivity contribution in [3.05, 3.63) is 47.8 Å². The summed E-state index contributed by atoms with van der Waals surface area (Å²) >= 11 is 0. The zero-order chi connectivity index (χ0) is 15.1. The minimum Gasteiger partial charge on any atom is -0.481 e. The average Bonchev–Trinajstić information content (AvgIpc) is 2.55. The number of aliphatic hydroxyl groups excluding tert-OH is 1. The molecular formula is C15H19N3O3. The Morgan fingerprint density at radius 3 is 2.29 bits per heavy atom. The normalized spacial score (nSPS) is 12.0. The molecule has 0 spiro atoms. The number of aliphatic hydroxyl groups is 1. The second kappa shape index (κ2) is 7.56. The maximum Gasteiger partial charge on any atom is 0.224 e. The Kier molecular flexibility index (Phi) is 5.48. The highest BCUT2D eigenvalue weighted by Crippen LogP contribution is 2.23. The first-order valence-electron chi connectivity index (χ1n) is 6.61. The Balaban J connectivity index is 1.97. The highest BCUT2D eigenvalue weighted by Gasteiger charge is 2.13. The van der Waals surface area contributed by atoms with Crippen molar-refractivity contribution in [1.82, 2.24) is 15.3 Å².